The van der Waals surface area contributed by atoms with Gasteiger partial charge in [0.15, 0.2) is 0 Å². The van der Waals surface area contributed by atoms with E-state index in [9.17, 15) is 4.79 Å². The second-order valence-electron chi connectivity index (χ2n) is 5.42. The van der Waals surface area contributed by atoms with Crippen molar-refractivity contribution in [2.75, 3.05) is 30.8 Å². The molecular weight excluding hydrogens is 288 g/mol. The maximum atomic E-state index is 11.4. The van der Waals surface area contributed by atoms with Crippen LogP contribution in [-0.2, 0) is 4.79 Å². The average molecular weight is 309 g/mol. The van der Waals surface area contributed by atoms with Crippen LogP contribution in [0.1, 0.15) is 25.3 Å². The molecule has 2 rings (SSSR count). The zero-order valence-corrected chi connectivity index (χ0v) is 13.2. The van der Waals surface area contributed by atoms with Crippen LogP contribution in [0.4, 0.5) is 11.4 Å². The van der Waals surface area contributed by atoms with Gasteiger partial charge in [0, 0.05) is 61.3 Å². The summed E-state index contributed by atoms with van der Waals surface area (Å²) in [6.45, 7) is 3.24. The summed E-state index contributed by atoms with van der Waals surface area (Å²) >= 11 is 6.08. The molecule has 0 bridgehead atoms. The highest BCUT2D eigenvalue weighted by molar-refractivity contribution is 6.31. The summed E-state index contributed by atoms with van der Waals surface area (Å²) < 4.78 is 0. The summed E-state index contributed by atoms with van der Waals surface area (Å²) in [5.74, 6) is 0.0978. The summed E-state index contributed by atoms with van der Waals surface area (Å²) in [6.07, 6.45) is 3.08. The molecule has 5 nitrogen and oxygen atoms in total. The van der Waals surface area contributed by atoms with E-state index >= 15 is 0 Å². The number of piperidine rings is 1. The van der Waals surface area contributed by atoms with E-state index < -0.39 is 0 Å². The van der Waals surface area contributed by atoms with E-state index in [0.29, 0.717) is 16.3 Å². The lowest BCUT2D eigenvalue weighted by molar-refractivity contribution is -0.129. The third kappa shape index (κ3) is 3.29. The Bertz CT molecular complexity index is 553. The molecule has 0 spiro atoms. The Hall–Kier alpha value is -1.75. The van der Waals surface area contributed by atoms with E-state index in [1.165, 1.54) is 6.21 Å². The number of rotatable bonds is 3. The van der Waals surface area contributed by atoms with E-state index in [-0.39, 0.29) is 11.9 Å². The van der Waals surface area contributed by atoms with Crippen LogP contribution in [0.5, 0.6) is 0 Å². The number of halogens is 1. The molecule has 1 fully saturated rings. The minimum absolute atomic E-state index is 0.0978. The molecule has 1 heterocycles. The van der Waals surface area contributed by atoms with Crippen LogP contribution in [0.3, 0.4) is 0 Å². The highest BCUT2D eigenvalue weighted by Gasteiger charge is 2.25. The number of carbonyl (C=O) groups is 1. The molecule has 1 saturated heterocycles. The van der Waals surface area contributed by atoms with E-state index in [0.717, 1.165) is 31.6 Å². The Morgan fingerprint density at radius 3 is 2.62 bits per heavy atom. The molecule has 0 atom stereocenters. The van der Waals surface area contributed by atoms with Crippen molar-refractivity contribution in [1.29, 1.82) is 5.41 Å². The third-order valence-electron chi connectivity index (χ3n) is 4.15. The molecule has 0 radical (unpaired) electrons. The molecule has 0 aliphatic carbocycles. The first kappa shape index (κ1) is 15.6. The molecule has 1 aromatic rings. The first-order valence-electron chi connectivity index (χ1n) is 7.02. The van der Waals surface area contributed by atoms with Crippen LogP contribution in [0.2, 0.25) is 5.02 Å². The lowest BCUT2D eigenvalue weighted by Crippen LogP contribution is -2.45. The predicted octanol–water partition coefficient (Wildman–Crippen LogP) is 2.37. The van der Waals surface area contributed by atoms with Gasteiger partial charge in [-0.15, -0.1) is 0 Å². The van der Waals surface area contributed by atoms with Crippen molar-refractivity contribution in [3.8, 4) is 0 Å². The van der Waals surface area contributed by atoms with E-state index in [4.69, 9.17) is 22.7 Å². The maximum absolute atomic E-state index is 11.4. The van der Waals surface area contributed by atoms with Gasteiger partial charge in [0.25, 0.3) is 0 Å². The van der Waals surface area contributed by atoms with Crippen molar-refractivity contribution in [1.82, 2.24) is 4.90 Å². The molecule has 0 unspecified atom stereocenters. The van der Waals surface area contributed by atoms with Gasteiger partial charge in [-0.3, -0.25) is 4.79 Å². The smallest absolute Gasteiger partial charge is 0.219 e. The quantitative estimate of drug-likeness (QED) is 0.665. The fourth-order valence-corrected chi connectivity index (χ4v) is 3.02. The number of amides is 1. The van der Waals surface area contributed by atoms with Gasteiger partial charge in [0.2, 0.25) is 5.91 Å². The number of benzene rings is 1. The van der Waals surface area contributed by atoms with E-state index in [2.05, 4.69) is 4.90 Å². The van der Waals surface area contributed by atoms with Crippen molar-refractivity contribution >= 4 is 35.1 Å². The van der Waals surface area contributed by atoms with Crippen molar-refractivity contribution in [2.24, 2.45) is 0 Å². The summed E-state index contributed by atoms with van der Waals surface area (Å²) in [5, 5.41) is 8.13. The first-order valence-corrected chi connectivity index (χ1v) is 7.39. The largest absolute Gasteiger partial charge is 0.398 e. The van der Waals surface area contributed by atoms with Crippen molar-refractivity contribution in [2.45, 2.75) is 25.8 Å². The van der Waals surface area contributed by atoms with E-state index in [1.54, 1.807) is 17.9 Å². The Labute approximate surface area is 130 Å². The van der Waals surface area contributed by atoms with Crippen LogP contribution >= 0.6 is 11.6 Å². The number of hydrogen-bond acceptors (Lipinski definition) is 4. The van der Waals surface area contributed by atoms with E-state index in [1.807, 2.05) is 13.1 Å². The van der Waals surface area contributed by atoms with Gasteiger partial charge in [-0.1, -0.05) is 11.6 Å². The molecule has 6 heteroatoms. The highest BCUT2D eigenvalue weighted by Crippen LogP contribution is 2.31. The molecule has 21 heavy (non-hydrogen) atoms. The van der Waals surface area contributed by atoms with Crippen LogP contribution in [0.25, 0.3) is 0 Å². The van der Waals surface area contributed by atoms with Crippen LogP contribution in [0, 0.1) is 5.41 Å². The minimum atomic E-state index is 0.0978. The monoisotopic (exact) mass is 308 g/mol. The van der Waals surface area contributed by atoms with Gasteiger partial charge in [0.05, 0.1) is 0 Å². The molecular formula is C15H21ClN4O. The van der Waals surface area contributed by atoms with Gasteiger partial charge in [-0.25, -0.2) is 0 Å². The Kier molecular flexibility index (Phi) is 4.73. The lowest BCUT2D eigenvalue weighted by atomic mass is 10.0. The fraction of sp³-hybridized carbons (Fsp3) is 0.467. The molecule has 0 saturated carbocycles. The maximum Gasteiger partial charge on any atom is 0.219 e. The third-order valence-corrected chi connectivity index (χ3v) is 4.37. The second kappa shape index (κ2) is 6.35. The van der Waals surface area contributed by atoms with Gasteiger partial charge < -0.3 is 20.9 Å². The predicted molar refractivity (Wildman–Crippen MR) is 87.4 cm³/mol. The Balaban J connectivity index is 2.16. The molecule has 0 aromatic heterocycles. The Morgan fingerprint density at radius 2 is 2.10 bits per heavy atom. The van der Waals surface area contributed by atoms with Crippen molar-refractivity contribution < 1.29 is 4.79 Å². The van der Waals surface area contributed by atoms with Crippen LogP contribution < -0.4 is 10.6 Å². The van der Waals surface area contributed by atoms with Gasteiger partial charge in [-0.05, 0) is 25.0 Å². The number of nitrogen functional groups attached to an aromatic ring is 1. The molecule has 1 aliphatic rings. The number of nitrogens with one attached hydrogen (secondary N) is 1. The lowest BCUT2D eigenvalue weighted by Gasteiger charge is -2.38. The number of hydrogen-bond donors (Lipinski definition) is 2. The second-order valence-corrected chi connectivity index (χ2v) is 5.86. The molecule has 1 amide bonds. The summed E-state index contributed by atoms with van der Waals surface area (Å²) in [4.78, 5) is 15.4. The highest BCUT2D eigenvalue weighted by atomic mass is 35.5. The van der Waals surface area contributed by atoms with Crippen molar-refractivity contribution in [3.05, 3.63) is 22.7 Å². The number of carbonyl (C=O) groups excluding carboxylic acids is 1. The van der Waals surface area contributed by atoms with Crippen LogP contribution in [-0.4, -0.2) is 43.2 Å². The Morgan fingerprint density at radius 1 is 1.48 bits per heavy atom. The summed E-state index contributed by atoms with van der Waals surface area (Å²) in [6, 6.07) is 3.80. The number of nitrogens with zero attached hydrogens (tertiary/aromatic N) is 2. The minimum Gasteiger partial charge on any atom is -0.398 e. The fourth-order valence-electron chi connectivity index (χ4n) is 2.79. The normalized spacial score (nSPS) is 15.9. The van der Waals surface area contributed by atoms with Crippen LogP contribution in [0.15, 0.2) is 12.1 Å². The zero-order chi connectivity index (χ0) is 15.6. The molecule has 1 aliphatic heterocycles. The summed E-state index contributed by atoms with van der Waals surface area (Å²) in [5.41, 5.74) is 8.07. The summed E-state index contributed by atoms with van der Waals surface area (Å²) in [7, 11) is 1.85. The molecule has 1 aromatic carbocycles. The number of anilines is 2. The van der Waals surface area contributed by atoms with Crippen molar-refractivity contribution in [3.63, 3.8) is 0 Å². The van der Waals surface area contributed by atoms with Gasteiger partial charge >= 0.3 is 0 Å². The first-order chi connectivity index (χ1) is 9.93. The average Bonchev–Trinajstić information content (AvgIpc) is 2.46. The topological polar surface area (TPSA) is 73.4 Å². The van der Waals surface area contributed by atoms with Gasteiger partial charge in [-0.2, -0.15) is 0 Å². The standard InChI is InChI=1S/C15H21ClN4O/c1-10(21)19(2)12-3-5-20(6-4-12)15-8-11(16)7-14(18)13(15)9-17/h7-9,12,17H,3-6,18H2,1-2H3. The SMILES string of the molecule is CC(=O)N(C)C1CCN(c2cc(Cl)cc(N)c2C=N)CC1. The number of nitrogens with two attached hydrogens (primary N) is 1. The molecule has 3 N–H and O–H groups in total. The van der Waals surface area contributed by atoms with Gasteiger partial charge in [0.1, 0.15) is 0 Å². The molecule has 114 valence electrons. The zero-order valence-electron chi connectivity index (χ0n) is 12.4.